The van der Waals surface area contributed by atoms with Gasteiger partial charge in [-0.05, 0) is 149 Å². The van der Waals surface area contributed by atoms with Crippen LogP contribution in [0.2, 0.25) is 0 Å². The molecule has 5 N–H and O–H groups in total. The molecule has 0 spiro atoms. The Balaban J connectivity index is 0.000000457. The first-order valence-corrected chi connectivity index (χ1v) is 33.2. The number of carbonyl (C=O) groups is 7. The van der Waals surface area contributed by atoms with Crippen LogP contribution in [0.4, 0.5) is 14.4 Å². The minimum atomic E-state index is -0.544. The van der Waals surface area contributed by atoms with Crippen molar-refractivity contribution in [3.8, 4) is 74.9 Å². The number of phenolic OH excluding ortho intramolecular Hbond substituents is 2. The van der Waals surface area contributed by atoms with Crippen molar-refractivity contribution in [1.82, 2.24) is 30.9 Å². The molecule has 1 heterocycles. The number of methoxy groups -OCH3 is 5. The molecule has 1 aromatic heterocycles. The van der Waals surface area contributed by atoms with Gasteiger partial charge in [-0.3, -0.25) is 19.2 Å². The number of benzene rings is 5. The summed E-state index contributed by atoms with van der Waals surface area (Å²) in [5, 5.41) is 39.3. The van der Waals surface area contributed by atoms with Gasteiger partial charge in [0, 0.05) is 78.4 Å². The summed E-state index contributed by atoms with van der Waals surface area (Å²) in [5.74, 6) is 3.06. The van der Waals surface area contributed by atoms with Crippen molar-refractivity contribution in [2.45, 2.75) is 112 Å². The predicted molar refractivity (Wildman–Crippen MR) is 396 cm³/mol. The third kappa shape index (κ3) is 34.7. The number of ether oxygens (including phenoxy) is 11. The molecule has 0 radical (unpaired) electrons. The van der Waals surface area contributed by atoms with E-state index in [4.69, 9.17) is 61.9 Å². The van der Waals surface area contributed by atoms with Crippen LogP contribution in [-0.2, 0) is 14.2 Å². The smallest absolute Gasteiger partial charge is 0.407 e. The Morgan fingerprint density at radius 3 is 1.17 bits per heavy atom. The van der Waals surface area contributed by atoms with E-state index in [2.05, 4.69) is 21.1 Å². The lowest BCUT2D eigenvalue weighted by atomic mass is 10.1. The number of alkyl carbamates (subject to hydrolysis) is 3. The molecule has 0 aliphatic carbocycles. The van der Waals surface area contributed by atoms with Crippen LogP contribution in [0.3, 0.4) is 0 Å². The summed E-state index contributed by atoms with van der Waals surface area (Å²) in [6.07, 6.45) is 7.80. The summed E-state index contributed by atoms with van der Waals surface area (Å²) in [5.41, 5.74) is 0.177. The lowest BCUT2D eigenvalue weighted by molar-refractivity contribution is 0.0513. The molecule has 0 aliphatic heterocycles. The molecule has 0 saturated carbocycles. The van der Waals surface area contributed by atoms with Crippen LogP contribution in [0.1, 0.15) is 136 Å². The highest BCUT2D eigenvalue weighted by Crippen LogP contribution is 2.39. The molecule has 28 nitrogen and oxygen atoms in total. The summed E-state index contributed by atoms with van der Waals surface area (Å²) in [7, 11) is 14.8. The van der Waals surface area contributed by atoms with Gasteiger partial charge in [0.25, 0.3) is 0 Å². The molecule has 0 saturated heterocycles. The van der Waals surface area contributed by atoms with Crippen LogP contribution in [-0.4, -0.2) is 187 Å². The summed E-state index contributed by atoms with van der Waals surface area (Å²) >= 11 is 0. The number of rotatable bonds is 30. The van der Waals surface area contributed by atoms with Crippen molar-refractivity contribution in [2.24, 2.45) is 0 Å². The molecule has 6 aromatic rings. The van der Waals surface area contributed by atoms with Crippen LogP contribution in [0, 0.1) is 11.3 Å². The number of Topliss-reactive ketones (excluding diaryl/α,β-unsaturated/α-hetero) is 2. The van der Waals surface area contributed by atoms with Crippen LogP contribution in [0.25, 0.3) is 11.3 Å². The lowest BCUT2D eigenvalue weighted by Gasteiger charge is -2.19. The molecule has 6 rings (SSSR count). The number of nitriles is 1. The van der Waals surface area contributed by atoms with Crippen molar-refractivity contribution in [2.75, 3.05) is 103 Å². The number of aromatic nitrogens is 1. The molecule has 0 fully saturated rings. The highest BCUT2D eigenvalue weighted by molar-refractivity contribution is 6.09. The fourth-order valence-corrected chi connectivity index (χ4v) is 8.53. The molecule has 5 aromatic carbocycles. The number of ketones is 4. The zero-order valence-electron chi connectivity index (χ0n) is 63.6. The Morgan fingerprint density at radius 1 is 0.476 bits per heavy atom. The number of carbonyl (C=O) groups excluding carboxylic acids is 7. The van der Waals surface area contributed by atoms with Gasteiger partial charge in [-0.2, -0.15) is 5.26 Å². The fraction of sp³-hybridized carbons (Fsp3) is 0.416. The molecular formula is C77H103N7O21. The fourth-order valence-electron chi connectivity index (χ4n) is 8.53. The van der Waals surface area contributed by atoms with Crippen LogP contribution >= 0.6 is 0 Å². The molecular weight excluding hydrogens is 1360 g/mol. The number of allylic oxidation sites excluding steroid dienone is 2. The van der Waals surface area contributed by atoms with E-state index in [1.807, 2.05) is 94.0 Å². The third-order valence-corrected chi connectivity index (χ3v) is 12.9. The van der Waals surface area contributed by atoms with Crippen LogP contribution in [0.5, 0.6) is 57.5 Å². The van der Waals surface area contributed by atoms with Gasteiger partial charge in [0.2, 0.25) is 0 Å². The Labute approximate surface area is 615 Å². The Hall–Kier alpha value is -11.6. The average molecular weight is 1460 g/mol. The second-order valence-electron chi connectivity index (χ2n) is 25.6. The predicted octanol–water partition coefficient (Wildman–Crippen LogP) is 13.2. The highest BCUT2D eigenvalue weighted by Gasteiger charge is 2.23. The van der Waals surface area contributed by atoms with Crippen molar-refractivity contribution >= 4 is 41.4 Å². The number of hydrogen-bond donors (Lipinski definition) is 5. The van der Waals surface area contributed by atoms with Gasteiger partial charge in [-0.25, -0.2) is 14.4 Å². The van der Waals surface area contributed by atoms with E-state index >= 15 is 0 Å². The molecule has 0 aliphatic rings. The molecule has 572 valence electrons. The minimum Gasteiger partial charge on any atom is -0.507 e. The summed E-state index contributed by atoms with van der Waals surface area (Å²) in [4.78, 5) is 85.6. The van der Waals surface area contributed by atoms with Crippen LogP contribution < -0.4 is 53.8 Å². The van der Waals surface area contributed by atoms with Crippen molar-refractivity contribution in [1.29, 1.82) is 5.26 Å². The van der Waals surface area contributed by atoms with Crippen LogP contribution in [0.15, 0.2) is 132 Å². The van der Waals surface area contributed by atoms with Gasteiger partial charge in [0.15, 0.2) is 28.9 Å². The van der Waals surface area contributed by atoms with E-state index in [1.54, 1.807) is 123 Å². The zero-order valence-corrected chi connectivity index (χ0v) is 63.6. The summed E-state index contributed by atoms with van der Waals surface area (Å²) in [6.45, 7) is 19.9. The topological polar surface area (TPSA) is 354 Å². The number of nitrogens with one attached hydrogen (secondary N) is 3. The quantitative estimate of drug-likeness (QED) is 0.0121. The average Bonchev–Trinajstić information content (AvgIpc) is 1.83. The van der Waals surface area contributed by atoms with E-state index in [1.165, 1.54) is 59.6 Å². The zero-order chi connectivity index (χ0) is 78.9. The van der Waals surface area contributed by atoms with Crippen molar-refractivity contribution in [3.63, 3.8) is 0 Å². The summed E-state index contributed by atoms with van der Waals surface area (Å²) < 4.78 is 63.7. The normalized spacial score (nSPS) is 10.7. The second kappa shape index (κ2) is 46.1. The van der Waals surface area contributed by atoms with Gasteiger partial charge in [-0.1, -0.05) is 35.5 Å². The molecule has 28 heteroatoms. The Morgan fingerprint density at radius 2 is 0.810 bits per heavy atom. The standard InChI is InChI=1S/C20H30N2O5.2C18H24N2O5.C12H15NO3.C9H10O3/c1-20(2,3)27-19(24)21-12-8-14-26-17-10-7-9-16(25-6)18(17)15(23)11-13-22(4)5;1-18(2,3)24-17(21)19-10-6-12-23-14-8-5-7-13(22-4)16(14)15-9-11-20-25-15;1-18(2,3)25-17(22)20-11-6-12-24-15-8-5-7-14(23-4)16(15)13(21)9-10-19;1-13(2)8-7-10(15)12-9(14)5-4-6-11(12)16-3;1-6(10)9-7(11)4-3-5-8(9)12-2/h7,9-11,13H,8,12,14H2,1-6H3,(H,21,24);5,7-9,11H,6,10,12H2,1-4H3,(H,19,21);5,7-8H,6,9,11-12H2,1-4H3,(H,20,22);4-8,14H,1-3H3;3-5,11H,1-2H3/b13-11+;;;8-7+;. The van der Waals surface area contributed by atoms with E-state index in [0.29, 0.717) is 115 Å². The third-order valence-electron chi connectivity index (χ3n) is 12.9. The first-order valence-electron chi connectivity index (χ1n) is 33.2. The molecule has 105 heavy (non-hydrogen) atoms. The monoisotopic (exact) mass is 1460 g/mol. The molecule has 0 atom stereocenters. The van der Waals surface area contributed by atoms with Gasteiger partial charge < -0.3 is 92.6 Å². The largest absolute Gasteiger partial charge is 0.507 e. The highest BCUT2D eigenvalue weighted by atomic mass is 16.6. The number of phenols is 2. The van der Waals surface area contributed by atoms with Gasteiger partial charge >= 0.3 is 18.3 Å². The maximum absolute atomic E-state index is 12.5. The minimum absolute atomic E-state index is 0.0400. The Kier molecular flexibility index (Phi) is 39.3. The number of hydrogen-bond acceptors (Lipinski definition) is 25. The number of aromatic hydroxyl groups is 2. The maximum atomic E-state index is 12.5. The number of nitrogens with zero attached hydrogens (tertiary/aromatic N) is 4. The van der Waals surface area contributed by atoms with Crippen molar-refractivity contribution in [3.05, 3.63) is 150 Å². The molecule has 3 amide bonds. The van der Waals surface area contributed by atoms with E-state index in [9.17, 15) is 43.8 Å². The van der Waals surface area contributed by atoms with Crippen molar-refractivity contribution < 1.29 is 100 Å². The van der Waals surface area contributed by atoms with Gasteiger partial charge in [0.05, 0.1) is 74.1 Å². The maximum Gasteiger partial charge on any atom is 0.407 e. The van der Waals surface area contributed by atoms with E-state index in [0.717, 1.165) is 0 Å². The first kappa shape index (κ1) is 89.5. The van der Waals surface area contributed by atoms with Gasteiger partial charge in [0.1, 0.15) is 102 Å². The Bertz CT molecular complexity index is 3820. The molecule has 0 bridgehead atoms. The summed E-state index contributed by atoms with van der Waals surface area (Å²) in [6, 6.07) is 28.7. The number of amides is 3. The SMILES string of the molecule is COc1cccc(O)c1C(=O)/C=C/N(C)C.COc1cccc(O)c1C(C)=O.COc1cccc(OCCCNC(=O)OC(C)(C)C)c1-c1ccno1.COc1cccc(OCCCNC(=O)OC(C)(C)C)c1C(=O)/C=C/N(C)C.COc1cccc(OCCCNC(=O)OC(C)(C)C)c1C(=O)CC#N. The second-order valence-corrected chi connectivity index (χ2v) is 25.6. The molecule has 0 unspecified atom stereocenters. The lowest BCUT2D eigenvalue weighted by Crippen LogP contribution is -2.33. The van der Waals surface area contributed by atoms with E-state index in [-0.39, 0.29) is 64.4 Å². The van der Waals surface area contributed by atoms with Gasteiger partial charge in [-0.15, -0.1) is 0 Å². The first-order chi connectivity index (χ1) is 49.5. The van der Waals surface area contributed by atoms with E-state index < -0.39 is 35.1 Å².